The zero-order chi connectivity index (χ0) is 30.2. The van der Waals surface area contributed by atoms with Crippen LogP contribution in [0.15, 0.2) is 128 Å². The maximum atomic E-state index is 3.69. The molecule has 41 heavy (non-hydrogen) atoms. The molecule has 0 heterocycles. The minimum Gasteiger partial charge on any atom is -0.0991 e. The molecule has 0 heteroatoms. The average Bonchev–Trinajstić information content (AvgIpc) is 2.98. The van der Waals surface area contributed by atoms with E-state index in [-0.39, 0.29) is 0 Å². The van der Waals surface area contributed by atoms with Crippen LogP contribution < -0.4 is 0 Å². The molecular weight excluding hydrogens is 492 g/mol. The van der Waals surface area contributed by atoms with Crippen LogP contribution >= 0.6 is 0 Å². The fraction of sp³-hybridized carbons (Fsp3) is 0.220. The second-order valence-electron chi connectivity index (χ2n) is 10.3. The molecule has 0 aliphatic carbocycles. The van der Waals surface area contributed by atoms with Crippen LogP contribution in [0.2, 0.25) is 0 Å². The van der Waals surface area contributed by atoms with Crippen molar-refractivity contribution in [1.82, 2.24) is 0 Å². The van der Waals surface area contributed by atoms with E-state index in [0.717, 1.165) is 12.8 Å². The van der Waals surface area contributed by atoms with E-state index >= 15 is 0 Å². The Morgan fingerprint density at radius 2 is 1.24 bits per heavy atom. The number of hydrogen-bond donors (Lipinski definition) is 0. The van der Waals surface area contributed by atoms with Crippen LogP contribution in [0.3, 0.4) is 0 Å². The van der Waals surface area contributed by atoms with Crippen molar-refractivity contribution < 1.29 is 0 Å². The van der Waals surface area contributed by atoms with Gasteiger partial charge in [0.15, 0.2) is 0 Å². The van der Waals surface area contributed by atoms with E-state index in [1.165, 1.54) is 61.2 Å². The van der Waals surface area contributed by atoms with Crippen molar-refractivity contribution in [3.63, 3.8) is 0 Å². The monoisotopic (exact) mass is 540 g/mol. The van der Waals surface area contributed by atoms with Gasteiger partial charge in [-0.2, -0.15) is 0 Å². The fourth-order valence-electron chi connectivity index (χ4n) is 4.72. The predicted molar refractivity (Wildman–Crippen MR) is 186 cm³/mol. The number of benzene rings is 4. The molecule has 4 rings (SSSR count). The first-order valence-corrected chi connectivity index (χ1v) is 14.7. The van der Waals surface area contributed by atoms with Gasteiger partial charge in [0.2, 0.25) is 0 Å². The molecule has 0 spiro atoms. The standard InChI is InChI=1S/C22H22.C10H12.C9H14/c1-15-9-5-7-11-19(15)21-14-13-17(3)22(18(21)4)20-12-8-6-10-16(20)2;1-3-9-5-7-10(4-2)8-6-9;1-4-6-8-9(3)7-5-2/h5-14H,1-4H3;3,5-8H,1,4H2,2H3;5-8H,2,4H2,1,3H3/b;;8-6-,9-7-. The summed E-state index contributed by atoms with van der Waals surface area (Å²) in [6, 6.07) is 30.2. The minimum atomic E-state index is 1.10. The molecule has 0 radical (unpaired) electrons. The molecule has 0 unspecified atom stereocenters. The first-order valence-electron chi connectivity index (χ1n) is 14.7. The minimum absolute atomic E-state index is 1.10. The Kier molecular flexibility index (Phi) is 14.1. The van der Waals surface area contributed by atoms with Gasteiger partial charge in [-0.1, -0.05) is 148 Å². The van der Waals surface area contributed by atoms with Crippen molar-refractivity contribution >= 4 is 6.08 Å². The Labute approximate surface area is 250 Å². The van der Waals surface area contributed by atoms with Gasteiger partial charge in [-0.3, -0.25) is 0 Å². The summed E-state index contributed by atoms with van der Waals surface area (Å²) in [6.07, 6.45) is 12.1. The van der Waals surface area contributed by atoms with Crippen LogP contribution in [-0.4, -0.2) is 0 Å². The van der Waals surface area contributed by atoms with E-state index in [1.807, 2.05) is 12.2 Å². The third-order valence-corrected chi connectivity index (χ3v) is 7.14. The van der Waals surface area contributed by atoms with Gasteiger partial charge in [0.25, 0.3) is 0 Å². The quantitative estimate of drug-likeness (QED) is 0.204. The Balaban J connectivity index is 0.000000257. The number of hydrogen-bond acceptors (Lipinski definition) is 0. The molecule has 4 aromatic rings. The smallest absolute Gasteiger partial charge is 0.0117 e. The maximum absolute atomic E-state index is 3.69. The van der Waals surface area contributed by atoms with Gasteiger partial charge in [0, 0.05) is 0 Å². The molecule has 0 nitrogen and oxygen atoms in total. The van der Waals surface area contributed by atoms with Crippen LogP contribution in [0.25, 0.3) is 28.3 Å². The molecule has 0 aliphatic rings. The predicted octanol–water partition coefficient (Wildman–Crippen LogP) is 12.2. The molecule has 4 aromatic carbocycles. The summed E-state index contributed by atoms with van der Waals surface area (Å²) >= 11 is 0. The molecular formula is C41H48. The van der Waals surface area contributed by atoms with Crippen molar-refractivity contribution in [3.8, 4) is 22.3 Å². The summed E-state index contributed by atoms with van der Waals surface area (Å²) in [7, 11) is 0. The Morgan fingerprint density at radius 3 is 1.76 bits per heavy atom. The normalized spacial score (nSPS) is 10.8. The summed E-state index contributed by atoms with van der Waals surface area (Å²) in [6.45, 7) is 22.4. The zero-order valence-electron chi connectivity index (χ0n) is 26.3. The van der Waals surface area contributed by atoms with Crippen molar-refractivity contribution in [2.75, 3.05) is 0 Å². The molecule has 0 amide bonds. The summed E-state index contributed by atoms with van der Waals surface area (Å²) in [5.74, 6) is 0. The highest BCUT2D eigenvalue weighted by Gasteiger charge is 2.13. The van der Waals surface area contributed by atoms with Crippen molar-refractivity contribution in [3.05, 3.63) is 161 Å². The van der Waals surface area contributed by atoms with E-state index in [2.05, 4.69) is 159 Å². The summed E-state index contributed by atoms with van der Waals surface area (Å²) in [4.78, 5) is 0. The first-order chi connectivity index (χ1) is 19.8. The lowest BCUT2D eigenvalue weighted by atomic mass is 9.87. The number of aryl methyl sites for hydroxylation is 4. The summed E-state index contributed by atoms with van der Waals surface area (Å²) < 4.78 is 0. The van der Waals surface area contributed by atoms with E-state index in [1.54, 1.807) is 6.08 Å². The van der Waals surface area contributed by atoms with E-state index in [4.69, 9.17) is 0 Å². The van der Waals surface area contributed by atoms with Crippen LogP contribution in [-0.2, 0) is 6.42 Å². The second kappa shape index (κ2) is 17.5. The zero-order valence-corrected chi connectivity index (χ0v) is 26.3. The number of allylic oxidation sites excluding steroid dienone is 5. The maximum Gasteiger partial charge on any atom is -0.0117 e. The fourth-order valence-corrected chi connectivity index (χ4v) is 4.72. The molecule has 0 saturated carbocycles. The molecule has 0 fully saturated rings. The lowest BCUT2D eigenvalue weighted by Crippen LogP contribution is -1.95. The van der Waals surface area contributed by atoms with Gasteiger partial charge in [-0.25, -0.2) is 0 Å². The SMILES string of the molecule is C=C/C=C(C)\C=C/CC.C=Cc1ccc(CC)cc1.Cc1ccccc1-c1ccc(C)c(-c2ccccc2C)c1C. The average molecular weight is 541 g/mol. The van der Waals surface area contributed by atoms with Crippen molar-refractivity contribution in [1.29, 1.82) is 0 Å². The molecule has 0 saturated heterocycles. The molecule has 0 atom stereocenters. The molecule has 212 valence electrons. The highest BCUT2D eigenvalue weighted by molar-refractivity contribution is 5.82. The van der Waals surface area contributed by atoms with Crippen LogP contribution in [0.4, 0.5) is 0 Å². The lowest BCUT2D eigenvalue weighted by Gasteiger charge is -2.17. The first kappa shape index (κ1) is 33.0. The van der Waals surface area contributed by atoms with Crippen molar-refractivity contribution in [2.24, 2.45) is 0 Å². The largest absolute Gasteiger partial charge is 0.0991 e. The second-order valence-corrected chi connectivity index (χ2v) is 10.3. The summed E-state index contributed by atoms with van der Waals surface area (Å²) in [5.41, 5.74) is 14.6. The van der Waals surface area contributed by atoms with E-state index in [0.29, 0.717) is 0 Å². The van der Waals surface area contributed by atoms with Crippen LogP contribution in [0, 0.1) is 27.7 Å². The Bertz CT molecular complexity index is 1460. The van der Waals surface area contributed by atoms with Crippen LogP contribution in [0.1, 0.15) is 60.6 Å². The van der Waals surface area contributed by atoms with Gasteiger partial charge in [-0.05, 0) is 103 Å². The summed E-state index contributed by atoms with van der Waals surface area (Å²) in [5, 5.41) is 0. The highest BCUT2D eigenvalue weighted by atomic mass is 14.2. The van der Waals surface area contributed by atoms with E-state index in [9.17, 15) is 0 Å². The Hall–Kier alpha value is -4.16. The van der Waals surface area contributed by atoms with Gasteiger partial charge < -0.3 is 0 Å². The van der Waals surface area contributed by atoms with Crippen LogP contribution in [0.5, 0.6) is 0 Å². The molecule has 0 N–H and O–H groups in total. The third kappa shape index (κ3) is 10.1. The topological polar surface area (TPSA) is 0 Å². The van der Waals surface area contributed by atoms with Gasteiger partial charge >= 0.3 is 0 Å². The highest BCUT2D eigenvalue weighted by Crippen LogP contribution is 2.36. The van der Waals surface area contributed by atoms with Gasteiger partial charge in [0.05, 0.1) is 0 Å². The Morgan fingerprint density at radius 1 is 0.659 bits per heavy atom. The van der Waals surface area contributed by atoms with Gasteiger partial charge in [0.1, 0.15) is 0 Å². The third-order valence-electron chi connectivity index (χ3n) is 7.14. The van der Waals surface area contributed by atoms with Crippen molar-refractivity contribution in [2.45, 2.75) is 61.3 Å². The number of rotatable bonds is 7. The molecule has 0 bridgehead atoms. The van der Waals surface area contributed by atoms with E-state index < -0.39 is 0 Å². The lowest BCUT2D eigenvalue weighted by molar-refractivity contribution is 1.14. The molecule has 0 aliphatic heterocycles. The molecule has 0 aromatic heterocycles. The van der Waals surface area contributed by atoms with Gasteiger partial charge in [-0.15, -0.1) is 0 Å².